The van der Waals surface area contributed by atoms with Gasteiger partial charge >= 0.3 is 0 Å². The van der Waals surface area contributed by atoms with Crippen LogP contribution >= 0.6 is 11.3 Å². The van der Waals surface area contributed by atoms with Gasteiger partial charge in [-0.1, -0.05) is 17.9 Å². The van der Waals surface area contributed by atoms with E-state index in [2.05, 4.69) is 16.8 Å². The maximum atomic E-state index is 12.4. The van der Waals surface area contributed by atoms with Gasteiger partial charge in [0, 0.05) is 23.6 Å². The van der Waals surface area contributed by atoms with E-state index in [1.807, 2.05) is 18.4 Å². The first-order chi connectivity index (χ1) is 10.1. The molecular weight excluding hydrogens is 284 g/mol. The van der Waals surface area contributed by atoms with E-state index >= 15 is 0 Å². The summed E-state index contributed by atoms with van der Waals surface area (Å²) in [5.41, 5.74) is 2.19. The Morgan fingerprint density at radius 3 is 2.95 bits per heavy atom. The van der Waals surface area contributed by atoms with Gasteiger partial charge in [-0.25, -0.2) is 4.98 Å². The number of hydrogen-bond acceptors (Lipinski definition) is 4. The second-order valence-corrected chi connectivity index (χ2v) is 5.62. The van der Waals surface area contributed by atoms with Crippen LogP contribution in [0, 0.1) is 18.8 Å². The lowest BCUT2D eigenvalue weighted by atomic mass is 10.1. The smallest absolute Gasteiger partial charge is 0.253 e. The minimum atomic E-state index is -0.193. The topological polar surface area (TPSA) is 53.4 Å². The van der Waals surface area contributed by atoms with Crippen LogP contribution < -0.4 is 0 Å². The van der Waals surface area contributed by atoms with Crippen LogP contribution in [-0.2, 0) is 6.54 Å². The molecule has 0 saturated carbocycles. The molecule has 0 radical (unpaired) electrons. The molecular formula is C16H16N2O2S. The van der Waals surface area contributed by atoms with Crippen molar-refractivity contribution in [3.63, 3.8) is 0 Å². The summed E-state index contributed by atoms with van der Waals surface area (Å²) >= 11 is 1.57. The van der Waals surface area contributed by atoms with E-state index in [4.69, 9.17) is 5.11 Å². The highest BCUT2D eigenvalue weighted by Crippen LogP contribution is 2.12. The SMILES string of the molecule is Cc1nc(CN(C)C(=O)c2cccc(C#CCO)c2)cs1. The molecule has 2 aromatic rings. The number of thiazole rings is 1. The number of amides is 1. The van der Waals surface area contributed by atoms with Crippen molar-refractivity contribution in [2.24, 2.45) is 0 Å². The molecule has 0 spiro atoms. The van der Waals surface area contributed by atoms with Gasteiger partial charge in [0.15, 0.2) is 0 Å². The summed E-state index contributed by atoms with van der Waals surface area (Å²) in [5.74, 6) is 5.30. The summed E-state index contributed by atoms with van der Waals surface area (Å²) in [6.07, 6.45) is 0. The second kappa shape index (κ2) is 7.02. The Balaban J connectivity index is 2.11. The molecule has 1 N–H and O–H groups in total. The second-order valence-electron chi connectivity index (χ2n) is 4.56. The third-order valence-electron chi connectivity index (χ3n) is 2.83. The third-order valence-corrected chi connectivity index (χ3v) is 3.66. The first-order valence-electron chi connectivity index (χ1n) is 6.46. The molecule has 1 amide bonds. The van der Waals surface area contributed by atoms with Crippen LogP contribution in [0.25, 0.3) is 0 Å². The Labute approximate surface area is 128 Å². The van der Waals surface area contributed by atoms with Gasteiger partial charge in [-0.2, -0.15) is 0 Å². The lowest BCUT2D eigenvalue weighted by molar-refractivity contribution is 0.0783. The summed E-state index contributed by atoms with van der Waals surface area (Å²) in [6.45, 7) is 2.23. The minimum absolute atomic E-state index is 0.0756. The van der Waals surface area contributed by atoms with Gasteiger partial charge in [-0.3, -0.25) is 4.79 Å². The number of hydrogen-bond donors (Lipinski definition) is 1. The van der Waals surface area contributed by atoms with Gasteiger partial charge in [0.2, 0.25) is 0 Å². The van der Waals surface area contributed by atoms with E-state index in [0.717, 1.165) is 10.7 Å². The fourth-order valence-corrected chi connectivity index (χ4v) is 2.49. The van der Waals surface area contributed by atoms with Crippen molar-refractivity contribution >= 4 is 17.2 Å². The summed E-state index contributed by atoms with van der Waals surface area (Å²) in [7, 11) is 1.75. The molecule has 5 heteroatoms. The molecule has 0 aliphatic carbocycles. The van der Waals surface area contributed by atoms with E-state index in [1.54, 1.807) is 41.5 Å². The molecule has 0 fully saturated rings. The number of rotatable bonds is 3. The van der Waals surface area contributed by atoms with Crippen molar-refractivity contribution in [2.75, 3.05) is 13.7 Å². The van der Waals surface area contributed by atoms with Crippen LogP contribution in [0.5, 0.6) is 0 Å². The highest BCUT2D eigenvalue weighted by atomic mass is 32.1. The number of aliphatic hydroxyl groups excluding tert-OH is 1. The maximum absolute atomic E-state index is 12.4. The Morgan fingerprint density at radius 2 is 2.29 bits per heavy atom. The molecule has 0 bridgehead atoms. The zero-order chi connectivity index (χ0) is 15.2. The summed E-state index contributed by atoms with van der Waals surface area (Å²) in [5, 5.41) is 11.7. The fourth-order valence-electron chi connectivity index (χ4n) is 1.89. The van der Waals surface area contributed by atoms with Gasteiger partial charge in [0.25, 0.3) is 5.91 Å². The number of aromatic nitrogens is 1. The van der Waals surface area contributed by atoms with Gasteiger partial charge in [0.1, 0.15) is 6.61 Å². The molecule has 0 aliphatic rings. The molecule has 4 nitrogen and oxygen atoms in total. The quantitative estimate of drug-likeness (QED) is 0.883. The predicted octanol–water partition coefficient (Wildman–Crippen LogP) is 2.07. The maximum Gasteiger partial charge on any atom is 0.253 e. The van der Waals surface area contributed by atoms with Crippen molar-refractivity contribution in [3.05, 3.63) is 51.5 Å². The summed E-state index contributed by atoms with van der Waals surface area (Å²) in [6, 6.07) is 7.09. The van der Waals surface area contributed by atoms with Crippen molar-refractivity contribution in [2.45, 2.75) is 13.5 Å². The molecule has 108 valence electrons. The monoisotopic (exact) mass is 300 g/mol. The standard InChI is InChI=1S/C16H16N2O2S/c1-12-17-15(11-21-12)10-18(2)16(20)14-7-3-5-13(9-14)6-4-8-19/h3,5,7,9,11,19H,8,10H2,1-2H3. The molecule has 0 atom stereocenters. The largest absolute Gasteiger partial charge is 0.384 e. The van der Waals surface area contributed by atoms with Crippen LogP contribution in [0.2, 0.25) is 0 Å². The molecule has 1 aromatic carbocycles. The third kappa shape index (κ3) is 4.15. The molecule has 1 heterocycles. The number of benzene rings is 1. The number of aryl methyl sites for hydroxylation is 1. The van der Waals surface area contributed by atoms with Crippen molar-refractivity contribution in [3.8, 4) is 11.8 Å². The van der Waals surface area contributed by atoms with Gasteiger partial charge < -0.3 is 10.0 Å². The van der Waals surface area contributed by atoms with Crippen LogP contribution in [0.1, 0.15) is 26.6 Å². The average molecular weight is 300 g/mol. The Kier molecular flexibility index (Phi) is 5.09. The van der Waals surface area contributed by atoms with Gasteiger partial charge in [0.05, 0.1) is 17.2 Å². The van der Waals surface area contributed by atoms with Crippen molar-refractivity contribution in [1.82, 2.24) is 9.88 Å². The molecule has 0 unspecified atom stereocenters. The van der Waals surface area contributed by atoms with E-state index in [-0.39, 0.29) is 12.5 Å². The van der Waals surface area contributed by atoms with Gasteiger partial charge in [-0.15, -0.1) is 11.3 Å². The van der Waals surface area contributed by atoms with Crippen LogP contribution in [-0.4, -0.2) is 34.6 Å². The van der Waals surface area contributed by atoms with Crippen molar-refractivity contribution in [1.29, 1.82) is 0 Å². The lowest BCUT2D eigenvalue weighted by Gasteiger charge is -2.16. The Hall–Kier alpha value is -2.16. The molecule has 21 heavy (non-hydrogen) atoms. The van der Waals surface area contributed by atoms with Crippen molar-refractivity contribution < 1.29 is 9.90 Å². The normalized spacial score (nSPS) is 9.86. The predicted molar refractivity (Wildman–Crippen MR) is 83.1 cm³/mol. The van der Waals surface area contributed by atoms with Gasteiger partial charge in [-0.05, 0) is 25.1 Å². The molecule has 1 aromatic heterocycles. The molecule has 0 saturated heterocycles. The number of aliphatic hydroxyl groups is 1. The van der Waals surface area contributed by atoms with E-state index < -0.39 is 0 Å². The van der Waals surface area contributed by atoms with E-state index in [1.165, 1.54) is 0 Å². The molecule has 0 aliphatic heterocycles. The van der Waals surface area contributed by atoms with E-state index in [0.29, 0.717) is 17.7 Å². The highest BCUT2D eigenvalue weighted by Gasteiger charge is 2.13. The number of nitrogens with zero attached hydrogens (tertiary/aromatic N) is 2. The number of carbonyl (C=O) groups is 1. The van der Waals surface area contributed by atoms with E-state index in [9.17, 15) is 4.79 Å². The summed E-state index contributed by atoms with van der Waals surface area (Å²) < 4.78 is 0. The first kappa shape index (κ1) is 15.2. The lowest BCUT2D eigenvalue weighted by Crippen LogP contribution is -2.26. The highest BCUT2D eigenvalue weighted by molar-refractivity contribution is 7.09. The van der Waals surface area contributed by atoms with Crippen LogP contribution in [0.3, 0.4) is 0 Å². The number of carbonyl (C=O) groups excluding carboxylic acids is 1. The average Bonchev–Trinajstić information content (AvgIpc) is 2.89. The summed E-state index contributed by atoms with van der Waals surface area (Å²) in [4.78, 5) is 18.4. The zero-order valence-corrected chi connectivity index (χ0v) is 12.8. The molecule has 2 rings (SSSR count). The van der Waals surface area contributed by atoms with Crippen LogP contribution in [0.15, 0.2) is 29.6 Å². The first-order valence-corrected chi connectivity index (χ1v) is 7.34. The van der Waals surface area contributed by atoms with Crippen LogP contribution in [0.4, 0.5) is 0 Å². The fraction of sp³-hybridized carbons (Fsp3) is 0.250. The zero-order valence-electron chi connectivity index (χ0n) is 12.0. The minimum Gasteiger partial charge on any atom is -0.384 e. The Morgan fingerprint density at radius 1 is 1.48 bits per heavy atom. The Bertz CT molecular complexity index is 698.